The summed E-state index contributed by atoms with van der Waals surface area (Å²) in [5.41, 5.74) is 3.03. The van der Waals surface area contributed by atoms with Crippen LogP contribution in [0.1, 0.15) is 11.5 Å². The molecule has 86 valence electrons. The number of nitrogens with zero attached hydrogens (tertiary/aromatic N) is 1. The molecule has 0 spiro atoms. The van der Waals surface area contributed by atoms with Crippen molar-refractivity contribution in [3.05, 3.63) is 29.7 Å². The van der Waals surface area contributed by atoms with Crippen molar-refractivity contribution in [2.24, 2.45) is 0 Å². The van der Waals surface area contributed by atoms with E-state index >= 15 is 0 Å². The normalized spacial score (nSPS) is 11.1. The van der Waals surface area contributed by atoms with E-state index < -0.39 is 0 Å². The summed E-state index contributed by atoms with van der Waals surface area (Å²) >= 11 is 0. The van der Waals surface area contributed by atoms with Crippen molar-refractivity contribution >= 4 is 11.1 Å². The maximum atomic E-state index is 5.48. The summed E-state index contributed by atoms with van der Waals surface area (Å²) in [5, 5.41) is 3.17. The van der Waals surface area contributed by atoms with Gasteiger partial charge in [0.15, 0.2) is 11.5 Å². The summed E-state index contributed by atoms with van der Waals surface area (Å²) < 4.78 is 10.4. The van der Waals surface area contributed by atoms with E-state index in [9.17, 15) is 0 Å². The molecule has 0 amide bonds. The molecule has 2 rings (SSSR count). The standard InChI is InChI=1S/C12H16N2O2/c1-9-14-11-4-3-10(7-12(11)16-9)5-6-13-8-15-2/h3-4,7,13H,5-6,8H2,1-2H3. The lowest BCUT2D eigenvalue weighted by molar-refractivity contribution is 0.176. The summed E-state index contributed by atoms with van der Waals surface area (Å²) in [6.45, 7) is 3.34. The molecule has 1 heterocycles. The third-order valence-corrected chi connectivity index (χ3v) is 2.40. The first-order valence-corrected chi connectivity index (χ1v) is 5.35. The Labute approximate surface area is 94.6 Å². The lowest BCUT2D eigenvalue weighted by Crippen LogP contribution is -2.19. The zero-order chi connectivity index (χ0) is 11.4. The minimum Gasteiger partial charge on any atom is -0.441 e. The minimum absolute atomic E-state index is 0.587. The van der Waals surface area contributed by atoms with Gasteiger partial charge in [-0.1, -0.05) is 6.07 Å². The average molecular weight is 220 g/mol. The fraction of sp³-hybridized carbons (Fsp3) is 0.417. The first-order valence-electron chi connectivity index (χ1n) is 5.35. The van der Waals surface area contributed by atoms with Crippen LogP contribution in [0.3, 0.4) is 0 Å². The van der Waals surface area contributed by atoms with Gasteiger partial charge in [0.1, 0.15) is 5.52 Å². The van der Waals surface area contributed by atoms with Crippen molar-refractivity contribution in [2.45, 2.75) is 13.3 Å². The Balaban J connectivity index is 2.02. The predicted octanol–water partition coefficient (Wildman–Crippen LogP) is 1.87. The number of methoxy groups -OCH3 is 1. The van der Waals surface area contributed by atoms with E-state index in [1.54, 1.807) is 7.11 Å². The lowest BCUT2D eigenvalue weighted by atomic mass is 10.1. The molecule has 2 aromatic rings. The number of aromatic nitrogens is 1. The van der Waals surface area contributed by atoms with Gasteiger partial charge in [-0.15, -0.1) is 0 Å². The van der Waals surface area contributed by atoms with Gasteiger partial charge in [-0.25, -0.2) is 4.98 Å². The number of rotatable bonds is 5. The molecular weight excluding hydrogens is 204 g/mol. The van der Waals surface area contributed by atoms with Crippen molar-refractivity contribution in [2.75, 3.05) is 20.4 Å². The molecule has 0 aliphatic heterocycles. The van der Waals surface area contributed by atoms with Crippen molar-refractivity contribution in [3.63, 3.8) is 0 Å². The van der Waals surface area contributed by atoms with E-state index in [-0.39, 0.29) is 0 Å². The largest absolute Gasteiger partial charge is 0.441 e. The number of ether oxygens (including phenoxy) is 1. The van der Waals surface area contributed by atoms with E-state index in [1.807, 2.05) is 19.1 Å². The second-order valence-corrected chi connectivity index (χ2v) is 3.72. The first-order chi connectivity index (χ1) is 7.79. The van der Waals surface area contributed by atoms with Crippen LogP contribution in [0, 0.1) is 6.92 Å². The molecule has 0 fully saturated rings. The highest BCUT2D eigenvalue weighted by atomic mass is 16.5. The van der Waals surface area contributed by atoms with Gasteiger partial charge in [-0.3, -0.25) is 5.32 Å². The molecule has 0 bridgehead atoms. The van der Waals surface area contributed by atoms with Gasteiger partial charge in [0.05, 0.1) is 6.73 Å². The van der Waals surface area contributed by atoms with Gasteiger partial charge in [-0.05, 0) is 24.1 Å². The quantitative estimate of drug-likeness (QED) is 0.617. The minimum atomic E-state index is 0.587. The molecule has 1 aromatic heterocycles. The van der Waals surface area contributed by atoms with E-state index in [0.717, 1.165) is 24.1 Å². The Morgan fingerprint density at radius 1 is 1.44 bits per heavy atom. The maximum Gasteiger partial charge on any atom is 0.192 e. The molecule has 0 aliphatic carbocycles. The van der Waals surface area contributed by atoms with Gasteiger partial charge in [0.2, 0.25) is 0 Å². The maximum absolute atomic E-state index is 5.48. The molecule has 0 radical (unpaired) electrons. The highest BCUT2D eigenvalue weighted by Crippen LogP contribution is 2.16. The van der Waals surface area contributed by atoms with E-state index in [2.05, 4.69) is 16.4 Å². The predicted molar refractivity (Wildman–Crippen MR) is 62.3 cm³/mol. The fourth-order valence-electron chi connectivity index (χ4n) is 1.65. The third-order valence-electron chi connectivity index (χ3n) is 2.40. The number of hydrogen-bond acceptors (Lipinski definition) is 4. The van der Waals surface area contributed by atoms with Gasteiger partial charge in [0.25, 0.3) is 0 Å². The molecular formula is C12H16N2O2. The number of oxazole rings is 1. The van der Waals surface area contributed by atoms with Gasteiger partial charge < -0.3 is 9.15 Å². The average Bonchev–Trinajstić information content (AvgIpc) is 2.64. The Bertz CT molecular complexity index is 465. The van der Waals surface area contributed by atoms with Gasteiger partial charge in [0, 0.05) is 20.6 Å². The molecule has 0 saturated carbocycles. The van der Waals surface area contributed by atoms with Crippen LogP contribution < -0.4 is 5.32 Å². The van der Waals surface area contributed by atoms with Crippen LogP contribution in [-0.2, 0) is 11.2 Å². The molecule has 16 heavy (non-hydrogen) atoms. The second-order valence-electron chi connectivity index (χ2n) is 3.72. The van der Waals surface area contributed by atoms with Crippen LogP contribution in [0.25, 0.3) is 11.1 Å². The lowest BCUT2D eigenvalue weighted by Gasteiger charge is -2.02. The third kappa shape index (κ3) is 2.59. The van der Waals surface area contributed by atoms with Crippen LogP contribution in [0.4, 0.5) is 0 Å². The highest BCUT2D eigenvalue weighted by Gasteiger charge is 2.02. The molecule has 1 aromatic carbocycles. The molecule has 0 aliphatic rings. The molecule has 0 atom stereocenters. The molecule has 4 heteroatoms. The van der Waals surface area contributed by atoms with E-state index in [0.29, 0.717) is 12.6 Å². The zero-order valence-corrected chi connectivity index (χ0v) is 9.62. The van der Waals surface area contributed by atoms with Crippen LogP contribution in [0.15, 0.2) is 22.6 Å². The molecule has 0 unspecified atom stereocenters. The van der Waals surface area contributed by atoms with Crippen LogP contribution >= 0.6 is 0 Å². The van der Waals surface area contributed by atoms with E-state index in [4.69, 9.17) is 9.15 Å². The summed E-state index contributed by atoms with van der Waals surface area (Å²) in [6, 6.07) is 6.13. The van der Waals surface area contributed by atoms with E-state index in [1.165, 1.54) is 5.56 Å². The van der Waals surface area contributed by atoms with Crippen molar-refractivity contribution < 1.29 is 9.15 Å². The topological polar surface area (TPSA) is 47.3 Å². The monoisotopic (exact) mass is 220 g/mol. The summed E-state index contributed by atoms with van der Waals surface area (Å²) in [4.78, 5) is 4.26. The number of hydrogen-bond donors (Lipinski definition) is 1. The molecule has 0 saturated heterocycles. The Kier molecular flexibility index (Phi) is 3.54. The zero-order valence-electron chi connectivity index (χ0n) is 9.62. The van der Waals surface area contributed by atoms with Crippen LogP contribution in [-0.4, -0.2) is 25.4 Å². The van der Waals surface area contributed by atoms with Gasteiger partial charge >= 0.3 is 0 Å². The number of fused-ring (bicyclic) bond motifs is 1. The Morgan fingerprint density at radius 3 is 3.12 bits per heavy atom. The van der Waals surface area contributed by atoms with Gasteiger partial charge in [-0.2, -0.15) is 0 Å². The van der Waals surface area contributed by atoms with Crippen LogP contribution in [0.5, 0.6) is 0 Å². The van der Waals surface area contributed by atoms with Crippen molar-refractivity contribution in [1.29, 1.82) is 0 Å². The number of benzene rings is 1. The number of nitrogens with one attached hydrogen (secondary N) is 1. The second kappa shape index (κ2) is 5.09. The number of aryl methyl sites for hydroxylation is 1. The fourth-order valence-corrected chi connectivity index (χ4v) is 1.65. The first kappa shape index (κ1) is 11.1. The summed E-state index contributed by atoms with van der Waals surface area (Å²) in [7, 11) is 1.68. The SMILES string of the molecule is COCNCCc1ccc2nc(C)oc2c1. The van der Waals surface area contributed by atoms with Crippen LogP contribution in [0.2, 0.25) is 0 Å². The van der Waals surface area contributed by atoms with Crippen molar-refractivity contribution in [1.82, 2.24) is 10.3 Å². The molecule has 1 N–H and O–H groups in total. The summed E-state index contributed by atoms with van der Waals surface area (Å²) in [6.07, 6.45) is 0.957. The Morgan fingerprint density at radius 2 is 2.31 bits per heavy atom. The highest BCUT2D eigenvalue weighted by molar-refractivity contribution is 5.73. The molecule has 4 nitrogen and oxygen atoms in total. The summed E-state index contributed by atoms with van der Waals surface area (Å²) in [5.74, 6) is 0.713. The Hall–Kier alpha value is -1.39. The van der Waals surface area contributed by atoms with Crippen molar-refractivity contribution in [3.8, 4) is 0 Å². The smallest absolute Gasteiger partial charge is 0.192 e.